The summed E-state index contributed by atoms with van der Waals surface area (Å²) in [6, 6.07) is 19.7. The summed E-state index contributed by atoms with van der Waals surface area (Å²) in [5.41, 5.74) is 2.59. The minimum absolute atomic E-state index is 0.0377. The molecule has 4 amide bonds. The molecule has 10 heteroatoms. The average Bonchev–Trinajstić information content (AvgIpc) is 3.47. The Morgan fingerprint density at radius 2 is 1.82 bits per heavy atom. The fourth-order valence-electron chi connectivity index (χ4n) is 3.67. The molecule has 34 heavy (non-hydrogen) atoms. The monoisotopic (exact) mass is 489 g/mol. The third kappa shape index (κ3) is 4.02. The quantitative estimate of drug-likeness (QED) is 0.241. The van der Waals surface area contributed by atoms with E-state index in [2.05, 4.69) is 20.7 Å². The third-order valence-corrected chi connectivity index (χ3v) is 7.29. The van der Waals surface area contributed by atoms with E-state index < -0.39 is 23.4 Å². The van der Waals surface area contributed by atoms with Gasteiger partial charge in [-0.15, -0.1) is 11.3 Å². The number of hydrogen-bond donors (Lipinski definition) is 2. The predicted molar refractivity (Wildman–Crippen MR) is 131 cm³/mol. The van der Waals surface area contributed by atoms with Gasteiger partial charge < -0.3 is 5.32 Å². The number of amides is 4. The lowest BCUT2D eigenvalue weighted by molar-refractivity contribution is -0.138. The number of aromatic nitrogens is 2. The van der Waals surface area contributed by atoms with Gasteiger partial charge in [-0.25, -0.2) is 14.8 Å². The number of carbonyl (C=O) groups excluding carboxylic acids is 3. The highest BCUT2D eigenvalue weighted by Crippen LogP contribution is 2.31. The first-order valence-electron chi connectivity index (χ1n) is 10.4. The van der Waals surface area contributed by atoms with E-state index in [4.69, 9.17) is 0 Å². The number of para-hydroxylation sites is 1. The summed E-state index contributed by atoms with van der Waals surface area (Å²) in [5.74, 6) is -0.491. The molecule has 1 aliphatic heterocycles. The van der Waals surface area contributed by atoms with Crippen molar-refractivity contribution in [1.82, 2.24) is 25.7 Å². The van der Waals surface area contributed by atoms with Crippen LogP contribution in [0.1, 0.15) is 12.5 Å². The highest BCUT2D eigenvalue weighted by molar-refractivity contribution is 8.00. The number of rotatable bonds is 6. The molecule has 1 aliphatic rings. The number of hydrazine groups is 1. The van der Waals surface area contributed by atoms with Crippen LogP contribution < -0.4 is 10.7 Å². The SMILES string of the molecule is CC1(c2ccccc2)NC(=O)N(NC(=O)CSc2nc(-c3cccs3)nc3ccccc23)C1=O. The average molecular weight is 490 g/mol. The molecule has 3 heterocycles. The van der Waals surface area contributed by atoms with E-state index in [1.54, 1.807) is 31.2 Å². The first-order valence-corrected chi connectivity index (χ1v) is 12.3. The zero-order chi connectivity index (χ0) is 23.7. The normalized spacial score (nSPS) is 17.7. The smallest absolute Gasteiger partial charge is 0.318 e. The van der Waals surface area contributed by atoms with Crippen molar-refractivity contribution in [3.63, 3.8) is 0 Å². The van der Waals surface area contributed by atoms with Gasteiger partial charge in [-0.1, -0.05) is 66.4 Å². The Morgan fingerprint density at radius 1 is 1.06 bits per heavy atom. The Bertz CT molecular complexity index is 1390. The molecule has 2 N–H and O–H groups in total. The largest absolute Gasteiger partial charge is 0.344 e. The Morgan fingerprint density at radius 3 is 2.59 bits per heavy atom. The van der Waals surface area contributed by atoms with Crippen LogP contribution >= 0.6 is 23.1 Å². The Hall–Kier alpha value is -3.76. The minimum atomic E-state index is -1.25. The number of imide groups is 1. The van der Waals surface area contributed by atoms with E-state index in [-0.39, 0.29) is 5.75 Å². The van der Waals surface area contributed by atoms with Gasteiger partial charge in [0, 0.05) is 5.39 Å². The maximum absolute atomic E-state index is 13.0. The molecule has 5 rings (SSSR count). The van der Waals surface area contributed by atoms with Crippen molar-refractivity contribution in [2.45, 2.75) is 17.5 Å². The van der Waals surface area contributed by atoms with Gasteiger partial charge in [0.2, 0.25) is 5.91 Å². The zero-order valence-corrected chi connectivity index (χ0v) is 19.7. The molecule has 1 atom stereocenters. The van der Waals surface area contributed by atoms with E-state index in [1.165, 1.54) is 23.1 Å². The molecular weight excluding hydrogens is 470 g/mol. The summed E-state index contributed by atoms with van der Waals surface area (Å²) in [4.78, 5) is 48.4. The van der Waals surface area contributed by atoms with Crippen LogP contribution in [0.3, 0.4) is 0 Å². The molecule has 0 saturated carbocycles. The number of thioether (sulfide) groups is 1. The summed E-state index contributed by atoms with van der Waals surface area (Å²) < 4.78 is 0. The van der Waals surface area contributed by atoms with Crippen LogP contribution in [0.2, 0.25) is 0 Å². The molecule has 1 unspecified atom stereocenters. The number of benzene rings is 2. The van der Waals surface area contributed by atoms with Crippen molar-refractivity contribution >= 4 is 51.8 Å². The summed E-state index contributed by atoms with van der Waals surface area (Å²) in [7, 11) is 0. The number of nitrogens with one attached hydrogen (secondary N) is 2. The van der Waals surface area contributed by atoms with Gasteiger partial charge >= 0.3 is 6.03 Å². The van der Waals surface area contributed by atoms with Gasteiger partial charge in [-0.05, 0) is 30.0 Å². The second-order valence-corrected chi connectivity index (χ2v) is 9.64. The topological polar surface area (TPSA) is 104 Å². The maximum atomic E-state index is 13.0. The molecule has 0 radical (unpaired) electrons. The summed E-state index contributed by atoms with van der Waals surface area (Å²) >= 11 is 2.76. The van der Waals surface area contributed by atoms with Crippen molar-refractivity contribution in [2.75, 3.05) is 5.75 Å². The highest BCUT2D eigenvalue weighted by Gasteiger charge is 2.49. The number of urea groups is 1. The third-order valence-electron chi connectivity index (χ3n) is 5.43. The first kappa shape index (κ1) is 22.1. The van der Waals surface area contributed by atoms with Crippen LogP contribution in [0.25, 0.3) is 21.6 Å². The molecule has 0 bridgehead atoms. The van der Waals surface area contributed by atoms with Gasteiger partial charge in [0.25, 0.3) is 5.91 Å². The zero-order valence-electron chi connectivity index (χ0n) is 18.0. The molecule has 2 aromatic carbocycles. The molecule has 170 valence electrons. The van der Waals surface area contributed by atoms with E-state index in [0.717, 1.165) is 20.8 Å². The van der Waals surface area contributed by atoms with Crippen molar-refractivity contribution in [3.8, 4) is 10.7 Å². The molecule has 0 aliphatic carbocycles. The van der Waals surface area contributed by atoms with Gasteiger partial charge in [-0.3, -0.25) is 15.0 Å². The van der Waals surface area contributed by atoms with Crippen molar-refractivity contribution in [3.05, 3.63) is 77.7 Å². The lowest BCUT2D eigenvalue weighted by Gasteiger charge is -2.22. The molecule has 0 spiro atoms. The van der Waals surface area contributed by atoms with Gasteiger partial charge in [0.1, 0.15) is 10.6 Å². The van der Waals surface area contributed by atoms with Crippen molar-refractivity contribution < 1.29 is 14.4 Å². The van der Waals surface area contributed by atoms with Crippen LogP contribution in [0.4, 0.5) is 4.79 Å². The second kappa shape index (κ2) is 8.88. The Labute approximate surface area is 203 Å². The number of carbonyl (C=O) groups is 3. The molecule has 2 aromatic heterocycles. The predicted octanol–water partition coefficient (Wildman–Crippen LogP) is 3.95. The van der Waals surface area contributed by atoms with E-state index in [0.29, 0.717) is 16.4 Å². The molecular formula is C24H19N5O3S2. The Kier molecular flexibility index (Phi) is 5.76. The fourth-order valence-corrected chi connectivity index (χ4v) is 5.14. The van der Waals surface area contributed by atoms with E-state index in [1.807, 2.05) is 47.8 Å². The van der Waals surface area contributed by atoms with Crippen LogP contribution in [-0.4, -0.2) is 38.6 Å². The lowest BCUT2D eigenvalue weighted by Crippen LogP contribution is -2.48. The van der Waals surface area contributed by atoms with Crippen molar-refractivity contribution in [2.24, 2.45) is 0 Å². The summed E-state index contributed by atoms with van der Waals surface area (Å²) in [6.07, 6.45) is 0. The standard InChI is InChI=1S/C24H19N5O3S2/c1-24(15-8-3-2-4-9-15)22(31)29(23(32)27-24)28-19(30)14-34-21-16-10-5-6-11-17(16)25-20(26-21)18-12-7-13-33-18/h2-13H,14H2,1H3,(H,27,32)(H,28,30). The number of hydrogen-bond acceptors (Lipinski definition) is 7. The van der Waals surface area contributed by atoms with Gasteiger partial charge in [-0.2, -0.15) is 5.01 Å². The Balaban J connectivity index is 1.32. The highest BCUT2D eigenvalue weighted by atomic mass is 32.2. The maximum Gasteiger partial charge on any atom is 0.344 e. The summed E-state index contributed by atoms with van der Waals surface area (Å²) in [6.45, 7) is 1.61. The lowest BCUT2D eigenvalue weighted by atomic mass is 9.92. The molecule has 1 saturated heterocycles. The van der Waals surface area contributed by atoms with Crippen LogP contribution in [0.5, 0.6) is 0 Å². The van der Waals surface area contributed by atoms with Crippen LogP contribution in [0, 0.1) is 0 Å². The minimum Gasteiger partial charge on any atom is -0.318 e. The van der Waals surface area contributed by atoms with Crippen LogP contribution in [0.15, 0.2) is 77.1 Å². The summed E-state index contributed by atoms with van der Waals surface area (Å²) in [5, 5.41) is 6.84. The number of nitrogens with zero attached hydrogens (tertiary/aromatic N) is 3. The van der Waals surface area contributed by atoms with Gasteiger partial charge in [0.15, 0.2) is 5.82 Å². The fraction of sp³-hybridized carbons (Fsp3) is 0.125. The molecule has 4 aromatic rings. The van der Waals surface area contributed by atoms with Gasteiger partial charge in [0.05, 0.1) is 16.1 Å². The van der Waals surface area contributed by atoms with Crippen molar-refractivity contribution in [1.29, 1.82) is 0 Å². The molecule has 8 nitrogen and oxygen atoms in total. The van der Waals surface area contributed by atoms with E-state index in [9.17, 15) is 14.4 Å². The first-order chi connectivity index (χ1) is 16.5. The second-order valence-electron chi connectivity index (χ2n) is 7.73. The number of fused-ring (bicyclic) bond motifs is 1. The number of thiophene rings is 1. The van der Waals surface area contributed by atoms with E-state index >= 15 is 0 Å². The van der Waals surface area contributed by atoms with Crippen LogP contribution in [-0.2, 0) is 15.1 Å². The molecule has 1 fully saturated rings.